The van der Waals surface area contributed by atoms with Gasteiger partial charge in [-0.15, -0.1) is 0 Å². The highest BCUT2D eigenvalue weighted by Gasteiger charge is 2.25. The summed E-state index contributed by atoms with van der Waals surface area (Å²) in [5.74, 6) is 2.25. The first-order valence-corrected chi connectivity index (χ1v) is 20.3. The van der Waals surface area contributed by atoms with Crippen LogP contribution < -0.4 is 4.57 Å². The third kappa shape index (κ3) is 23.2. The topological polar surface area (TPSA) is 19.7 Å². The van der Waals surface area contributed by atoms with Gasteiger partial charge in [-0.2, -0.15) is 0 Å². The monoisotopic (exact) mass is 602 g/mol. The Morgan fingerprint density at radius 2 is 0.744 bits per heavy atom. The van der Waals surface area contributed by atoms with Gasteiger partial charge in [0.2, 0.25) is 0 Å². The first-order valence-electron chi connectivity index (χ1n) is 20.3. The number of aromatic amines is 1. The molecule has 0 aliphatic heterocycles. The van der Waals surface area contributed by atoms with E-state index in [1.165, 1.54) is 211 Å². The van der Waals surface area contributed by atoms with Crippen LogP contribution in [0.3, 0.4) is 0 Å². The molecule has 0 aliphatic rings. The molecule has 0 saturated heterocycles. The Kier molecular flexibility index (Phi) is 29.2. The number of nitrogens with zero attached hydrogens (tertiary/aromatic N) is 1. The Morgan fingerprint density at radius 3 is 1.09 bits per heavy atom. The van der Waals surface area contributed by atoms with E-state index in [9.17, 15) is 0 Å². The molecule has 43 heavy (non-hydrogen) atoms. The van der Waals surface area contributed by atoms with Gasteiger partial charge in [0.1, 0.15) is 12.4 Å². The minimum absolute atomic E-state index is 0.620. The number of rotatable bonds is 34. The van der Waals surface area contributed by atoms with Crippen LogP contribution in [-0.4, -0.2) is 4.98 Å². The van der Waals surface area contributed by atoms with Gasteiger partial charge in [0, 0.05) is 0 Å². The van der Waals surface area contributed by atoms with Gasteiger partial charge < -0.3 is 0 Å². The van der Waals surface area contributed by atoms with Crippen LogP contribution in [0.1, 0.15) is 251 Å². The third-order valence-electron chi connectivity index (χ3n) is 10.1. The van der Waals surface area contributed by atoms with Crippen molar-refractivity contribution in [2.24, 2.45) is 0 Å². The van der Waals surface area contributed by atoms with Gasteiger partial charge in [0.25, 0.3) is 5.82 Å². The quantitative estimate of drug-likeness (QED) is 0.0599. The minimum atomic E-state index is 0.620. The zero-order chi connectivity index (χ0) is 31.1. The maximum absolute atomic E-state index is 3.75. The molecule has 254 valence electrons. The third-order valence-corrected chi connectivity index (χ3v) is 10.1. The Morgan fingerprint density at radius 1 is 0.442 bits per heavy atom. The zero-order valence-corrected chi connectivity index (χ0v) is 30.4. The summed E-state index contributed by atoms with van der Waals surface area (Å²) in [5, 5.41) is 0. The van der Waals surface area contributed by atoms with Crippen molar-refractivity contribution >= 4 is 0 Å². The summed E-state index contributed by atoms with van der Waals surface area (Å²) in [6, 6.07) is 0.620. The summed E-state index contributed by atoms with van der Waals surface area (Å²) in [5.41, 5.74) is 0. The lowest BCUT2D eigenvalue weighted by molar-refractivity contribution is -0.727. The van der Waals surface area contributed by atoms with Crippen molar-refractivity contribution in [3.63, 3.8) is 0 Å². The molecule has 1 N–H and O–H groups in total. The first-order chi connectivity index (χ1) is 21.2. The number of unbranched alkanes of at least 4 members (excludes halogenated alkanes) is 26. The fraction of sp³-hybridized carbons (Fsp3) is 0.927. The van der Waals surface area contributed by atoms with Gasteiger partial charge in [-0.1, -0.05) is 201 Å². The predicted molar refractivity (Wildman–Crippen MR) is 193 cm³/mol. The van der Waals surface area contributed by atoms with Crippen LogP contribution in [0.5, 0.6) is 0 Å². The fourth-order valence-electron chi connectivity index (χ4n) is 7.13. The number of nitrogens with one attached hydrogen (secondary N) is 1. The molecule has 0 spiro atoms. The van der Waals surface area contributed by atoms with Crippen LogP contribution in [0.2, 0.25) is 0 Å². The van der Waals surface area contributed by atoms with Crippen LogP contribution >= 0.6 is 0 Å². The van der Waals surface area contributed by atoms with E-state index < -0.39 is 0 Å². The molecule has 2 unspecified atom stereocenters. The lowest BCUT2D eigenvalue weighted by Gasteiger charge is -2.17. The van der Waals surface area contributed by atoms with Crippen LogP contribution in [0.15, 0.2) is 12.4 Å². The largest absolute Gasteiger partial charge is 0.257 e. The second kappa shape index (κ2) is 31.2. The molecule has 1 aromatic rings. The highest BCUT2D eigenvalue weighted by atomic mass is 15.1. The predicted octanol–water partition coefficient (Wildman–Crippen LogP) is 14.5. The average Bonchev–Trinajstić information content (AvgIpc) is 3.51. The van der Waals surface area contributed by atoms with Crippen LogP contribution in [0.4, 0.5) is 0 Å². The maximum atomic E-state index is 3.75. The molecular formula is C41H81N2+. The van der Waals surface area contributed by atoms with Crippen molar-refractivity contribution < 1.29 is 4.57 Å². The summed E-state index contributed by atoms with van der Waals surface area (Å²) in [4.78, 5) is 3.75. The van der Waals surface area contributed by atoms with E-state index in [0.717, 1.165) is 0 Å². The molecule has 1 heterocycles. The van der Waals surface area contributed by atoms with Crippen molar-refractivity contribution in [2.45, 2.75) is 245 Å². The molecule has 0 saturated carbocycles. The Labute approximate surface area is 272 Å². The number of H-pyrrole nitrogens is 1. The lowest BCUT2D eigenvalue weighted by Crippen LogP contribution is -2.41. The second-order valence-electron chi connectivity index (χ2n) is 14.4. The van der Waals surface area contributed by atoms with E-state index >= 15 is 0 Å². The van der Waals surface area contributed by atoms with Gasteiger partial charge >= 0.3 is 0 Å². The van der Waals surface area contributed by atoms with Gasteiger partial charge in [0.15, 0.2) is 0 Å². The van der Waals surface area contributed by atoms with Gasteiger partial charge in [0.05, 0.1) is 12.0 Å². The first kappa shape index (κ1) is 40.2. The average molecular weight is 602 g/mol. The smallest absolute Gasteiger partial charge is 0.247 e. The van der Waals surface area contributed by atoms with Gasteiger partial charge in [-0.3, -0.25) is 0 Å². The van der Waals surface area contributed by atoms with Crippen LogP contribution in [-0.2, 0) is 0 Å². The minimum Gasteiger partial charge on any atom is -0.247 e. The maximum Gasteiger partial charge on any atom is 0.257 e. The fourth-order valence-corrected chi connectivity index (χ4v) is 7.13. The van der Waals surface area contributed by atoms with E-state index in [1.54, 1.807) is 0 Å². The Balaban J connectivity index is 2.38. The number of imidazole rings is 1. The van der Waals surface area contributed by atoms with Crippen LogP contribution in [0, 0.1) is 0 Å². The second-order valence-corrected chi connectivity index (χ2v) is 14.4. The van der Waals surface area contributed by atoms with E-state index in [1.807, 2.05) is 0 Å². The molecule has 2 nitrogen and oxygen atoms in total. The lowest BCUT2D eigenvalue weighted by atomic mass is 9.92. The summed E-state index contributed by atoms with van der Waals surface area (Å²) in [7, 11) is 0. The van der Waals surface area contributed by atoms with E-state index in [4.69, 9.17) is 0 Å². The Hall–Kier alpha value is -0.790. The van der Waals surface area contributed by atoms with Crippen LogP contribution in [0.25, 0.3) is 0 Å². The standard InChI is InChI=1S/C41H80N2/c1-5-8-11-14-17-19-20-21-22-23-25-27-30-33-36-40(35-32-29-26-24-18-15-12-9-6-2)41-42-37-38-43(41)39(4)34-31-28-16-13-10-7-3/h37-40H,5-36H2,1-4H3/p+1. The SMILES string of the molecule is CCCCCCCCCCCCCCCCC(CCCCCCCCCCC)c1[nH]cc[n+]1C(C)CCCCCCCC. The molecule has 0 fully saturated rings. The molecular weight excluding hydrogens is 520 g/mol. The van der Waals surface area contributed by atoms with E-state index in [2.05, 4.69) is 49.6 Å². The molecule has 2 heteroatoms. The normalized spacial score (nSPS) is 13.1. The molecule has 0 aromatic carbocycles. The van der Waals surface area contributed by atoms with Gasteiger partial charge in [-0.25, -0.2) is 9.55 Å². The Bertz CT molecular complexity index is 664. The molecule has 1 aromatic heterocycles. The highest BCUT2D eigenvalue weighted by molar-refractivity contribution is 4.90. The van der Waals surface area contributed by atoms with Crippen molar-refractivity contribution in [1.82, 2.24) is 4.98 Å². The molecule has 0 aliphatic carbocycles. The zero-order valence-electron chi connectivity index (χ0n) is 30.4. The highest BCUT2D eigenvalue weighted by Crippen LogP contribution is 2.27. The van der Waals surface area contributed by atoms with Crippen molar-refractivity contribution in [2.75, 3.05) is 0 Å². The molecule has 0 amide bonds. The molecule has 0 radical (unpaired) electrons. The summed E-state index contributed by atoms with van der Waals surface area (Å²) in [6.07, 6.45) is 50.2. The summed E-state index contributed by atoms with van der Waals surface area (Å²) in [6.45, 7) is 9.41. The molecule has 0 bridgehead atoms. The number of hydrogen-bond donors (Lipinski definition) is 1. The number of aromatic nitrogens is 2. The van der Waals surface area contributed by atoms with E-state index in [0.29, 0.717) is 12.0 Å². The van der Waals surface area contributed by atoms with Crippen molar-refractivity contribution in [1.29, 1.82) is 0 Å². The molecule has 2 atom stereocenters. The van der Waals surface area contributed by atoms with Gasteiger partial charge in [-0.05, 0) is 32.6 Å². The van der Waals surface area contributed by atoms with Crippen molar-refractivity contribution in [3.05, 3.63) is 18.2 Å². The number of hydrogen-bond acceptors (Lipinski definition) is 0. The molecule has 1 rings (SSSR count). The van der Waals surface area contributed by atoms with E-state index in [-0.39, 0.29) is 0 Å². The summed E-state index contributed by atoms with van der Waals surface area (Å²) >= 11 is 0. The van der Waals surface area contributed by atoms with Crippen molar-refractivity contribution in [3.8, 4) is 0 Å². The summed E-state index contributed by atoms with van der Waals surface area (Å²) < 4.78 is 2.63.